The Hall–Kier alpha value is -1.32. The lowest BCUT2D eigenvalue weighted by Crippen LogP contribution is -2.42. The molecule has 4 heteroatoms. The molecule has 0 aliphatic heterocycles. The van der Waals surface area contributed by atoms with Crippen LogP contribution in [-0.4, -0.2) is 24.0 Å². The van der Waals surface area contributed by atoms with Crippen molar-refractivity contribution in [2.75, 3.05) is 0 Å². The third kappa shape index (κ3) is 6.22. The largest absolute Gasteiger partial charge is 0.461 e. The van der Waals surface area contributed by atoms with Crippen LogP contribution in [0.1, 0.15) is 34.1 Å². The molecule has 0 aromatic carbocycles. The molecule has 4 nitrogen and oxygen atoms in total. The van der Waals surface area contributed by atoms with E-state index in [9.17, 15) is 9.59 Å². The monoisotopic (exact) mass is 227 g/mol. The molecule has 0 aromatic heterocycles. The van der Waals surface area contributed by atoms with Crippen molar-refractivity contribution in [3.05, 3.63) is 12.7 Å². The molecule has 0 rings (SSSR count). The summed E-state index contributed by atoms with van der Waals surface area (Å²) in [6, 6.07) is -0.590. The second-order valence-electron chi connectivity index (χ2n) is 4.38. The van der Waals surface area contributed by atoms with Crippen molar-refractivity contribution in [3.8, 4) is 0 Å². The number of carbonyl (C=O) groups excluding carboxylic acids is 2. The van der Waals surface area contributed by atoms with Gasteiger partial charge in [0.1, 0.15) is 6.04 Å². The highest BCUT2D eigenvalue weighted by Gasteiger charge is 2.23. The first kappa shape index (κ1) is 14.7. The average Bonchev–Trinajstić information content (AvgIpc) is 2.14. The molecule has 0 aromatic rings. The van der Waals surface area contributed by atoms with Gasteiger partial charge in [-0.25, -0.2) is 4.79 Å². The summed E-state index contributed by atoms with van der Waals surface area (Å²) in [5.74, 6) is -0.444. The molecule has 0 saturated carbocycles. The lowest BCUT2D eigenvalue weighted by Gasteiger charge is -2.19. The first-order valence-corrected chi connectivity index (χ1v) is 5.50. The molecule has 0 radical (unpaired) electrons. The molecular formula is C12H21NO3. The number of hydrogen-bond donors (Lipinski definition) is 1. The molecule has 0 fully saturated rings. The Morgan fingerprint density at radius 3 is 2.25 bits per heavy atom. The van der Waals surface area contributed by atoms with Crippen LogP contribution in [0.5, 0.6) is 0 Å². The van der Waals surface area contributed by atoms with Gasteiger partial charge < -0.3 is 10.1 Å². The molecule has 16 heavy (non-hydrogen) atoms. The molecule has 0 bridgehead atoms. The van der Waals surface area contributed by atoms with E-state index in [1.165, 1.54) is 0 Å². The van der Waals surface area contributed by atoms with Crippen molar-refractivity contribution in [2.45, 2.75) is 46.3 Å². The molecular weight excluding hydrogens is 206 g/mol. The van der Waals surface area contributed by atoms with Crippen molar-refractivity contribution in [2.24, 2.45) is 5.92 Å². The highest BCUT2D eigenvalue weighted by Crippen LogP contribution is 2.07. The topological polar surface area (TPSA) is 55.4 Å². The molecule has 0 heterocycles. The number of ether oxygens (including phenoxy) is 1. The van der Waals surface area contributed by atoms with E-state index < -0.39 is 6.04 Å². The highest BCUT2D eigenvalue weighted by molar-refractivity contribution is 5.91. The number of rotatable bonds is 6. The zero-order valence-corrected chi connectivity index (χ0v) is 10.4. The minimum atomic E-state index is -0.590. The van der Waals surface area contributed by atoms with E-state index >= 15 is 0 Å². The molecule has 1 N–H and O–H groups in total. The van der Waals surface area contributed by atoms with Gasteiger partial charge in [-0.1, -0.05) is 20.4 Å². The van der Waals surface area contributed by atoms with E-state index in [4.69, 9.17) is 4.74 Å². The Morgan fingerprint density at radius 2 is 1.88 bits per heavy atom. The van der Waals surface area contributed by atoms with Crippen molar-refractivity contribution in [1.29, 1.82) is 0 Å². The Kier molecular flexibility index (Phi) is 6.46. The maximum atomic E-state index is 11.7. The van der Waals surface area contributed by atoms with Gasteiger partial charge >= 0.3 is 5.97 Å². The summed E-state index contributed by atoms with van der Waals surface area (Å²) in [7, 11) is 0. The normalized spacial score (nSPS) is 12.4. The number of carbonyl (C=O) groups is 2. The number of amides is 1. The smallest absolute Gasteiger partial charge is 0.328 e. The number of hydrogen-bond acceptors (Lipinski definition) is 3. The summed E-state index contributed by atoms with van der Waals surface area (Å²) in [6.07, 6.45) is 1.53. The van der Waals surface area contributed by atoms with Crippen LogP contribution in [0.3, 0.4) is 0 Å². The summed E-state index contributed by atoms with van der Waals surface area (Å²) in [5.41, 5.74) is 0. The van der Waals surface area contributed by atoms with E-state index in [2.05, 4.69) is 11.9 Å². The number of nitrogens with one attached hydrogen (secondary N) is 1. The van der Waals surface area contributed by atoms with Gasteiger partial charge in [0.25, 0.3) is 0 Å². The summed E-state index contributed by atoms with van der Waals surface area (Å²) < 4.78 is 5.07. The number of esters is 1. The zero-order valence-electron chi connectivity index (χ0n) is 10.4. The standard InChI is InChI=1S/C12H21NO3/c1-6-11(14)13-10(7-8(2)3)12(15)16-9(4)5/h6,8-10H,1,7H2,2-5H3,(H,13,14). The summed E-state index contributed by atoms with van der Waals surface area (Å²) >= 11 is 0. The molecule has 0 aliphatic rings. The van der Waals surface area contributed by atoms with E-state index in [0.717, 1.165) is 6.08 Å². The van der Waals surface area contributed by atoms with E-state index in [1.54, 1.807) is 13.8 Å². The summed E-state index contributed by atoms with van der Waals surface area (Å²) in [4.78, 5) is 22.8. The first-order valence-electron chi connectivity index (χ1n) is 5.50. The third-order valence-corrected chi connectivity index (χ3v) is 1.85. The van der Waals surface area contributed by atoms with Crippen LogP contribution < -0.4 is 5.32 Å². The lowest BCUT2D eigenvalue weighted by atomic mass is 10.0. The van der Waals surface area contributed by atoms with Gasteiger partial charge in [0.15, 0.2) is 0 Å². The summed E-state index contributed by atoms with van der Waals surface area (Å²) in [5, 5.41) is 2.57. The maximum absolute atomic E-state index is 11.7. The van der Waals surface area contributed by atoms with E-state index in [-0.39, 0.29) is 18.0 Å². The van der Waals surface area contributed by atoms with Crippen LogP contribution >= 0.6 is 0 Å². The predicted molar refractivity (Wildman–Crippen MR) is 62.8 cm³/mol. The van der Waals surface area contributed by atoms with Crippen molar-refractivity contribution in [1.82, 2.24) is 5.32 Å². The minimum absolute atomic E-state index is 0.178. The predicted octanol–water partition coefficient (Wildman–Crippen LogP) is 1.65. The molecule has 1 amide bonds. The van der Waals surface area contributed by atoms with E-state index in [1.807, 2.05) is 13.8 Å². The van der Waals surface area contributed by atoms with Gasteiger partial charge in [-0.2, -0.15) is 0 Å². The quantitative estimate of drug-likeness (QED) is 0.554. The lowest BCUT2D eigenvalue weighted by molar-refractivity contribution is -0.151. The average molecular weight is 227 g/mol. The van der Waals surface area contributed by atoms with Gasteiger partial charge in [0.2, 0.25) is 5.91 Å². The van der Waals surface area contributed by atoms with Crippen molar-refractivity contribution >= 4 is 11.9 Å². The van der Waals surface area contributed by atoms with Crippen LogP contribution in [-0.2, 0) is 14.3 Å². The fraction of sp³-hybridized carbons (Fsp3) is 0.667. The van der Waals surface area contributed by atoms with Gasteiger partial charge in [-0.15, -0.1) is 0 Å². The van der Waals surface area contributed by atoms with E-state index in [0.29, 0.717) is 12.3 Å². The van der Waals surface area contributed by atoms with Crippen LogP contribution in [0.2, 0.25) is 0 Å². The fourth-order valence-corrected chi connectivity index (χ4v) is 1.23. The molecule has 0 saturated heterocycles. The minimum Gasteiger partial charge on any atom is -0.461 e. The molecule has 1 atom stereocenters. The molecule has 92 valence electrons. The molecule has 0 spiro atoms. The summed E-state index contributed by atoms with van der Waals surface area (Å²) in [6.45, 7) is 10.9. The Balaban J connectivity index is 4.46. The first-order chi connectivity index (χ1) is 7.36. The Morgan fingerprint density at radius 1 is 1.31 bits per heavy atom. The SMILES string of the molecule is C=CC(=O)NC(CC(C)C)C(=O)OC(C)C. The molecule has 0 aliphatic carbocycles. The maximum Gasteiger partial charge on any atom is 0.328 e. The van der Waals surface area contributed by atoms with Crippen molar-refractivity contribution in [3.63, 3.8) is 0 Å². The molecule has 1 unspecified atom stereocenters. The third-order valence-electron chi connectivity index (χ3n) is 1.85. The van der Waals surface area contributed by atoms with Crippen LogP contribution in [0.25, 0.3) is 0 Å². The van der Waals surface area contributed by atoms with Gasteiger partial charge in [-0.05, 0) is 32.3 Å². The van der Waals surface area contributed by atoms with Gasteiger partial charge in [0, 0.05) is 0 Å². The Bertz CT molecular complexity index is 259. The second-order valence-corrected chi connectivity index (χ2v) is 4.38. The van der Waals surface area contributed by atoms with Crippen LogP contribution in [0.4, 0.5) is 0 Å². The zero-order chi connectivity index (χ0) is 12.7. The second kappa shape index (κ2) is 7.04. The highest BCUT2D eigenvalue weighted by atomic mass is 16.5. The van der Waals surface area contributed by atoms with Gasteiger partial charge in [0.05, 0.1) is 6.10 Å². The fourth-order valence-electron chi connectivity index (χ4n) is 1.23. The van der Waals surface area contributed by atoms with Crippen LogP contribution in [0.15, 0.2) is 12.7 Å². The van der Waals surface area contributed by atoms with Gasteiger partial charge in [-0.3, -0.25) is 4.79 Å². The van der Waals surface area contributed by atoms with Crippen molar-refractivity contribution < 1.29 is 14.3 Å². The Labute approximate surface area is 97.1 Å². The van der Waals surface area contributed by atoms with Crippen LogP contribution in [0, 0.1) is 5.92 Å².